The number of H-pyrrole nitrogens is 1. The highest BCUT2D eigenvalue weighted by Crippen LogP contribution is 2.42. The Balaban J connectivity index is 1.35. The number of aromatic nitrogens is 2. The van der Waals surface area contributed by atoms with Crippen LogP contribution in [0.15, 0.2) is 16.2 Å². The highest BCUT2D eigenvalue weighted by Gasteiger charge is 2.45. The van der Waals surface area contributed by atoms with Crippen molar-refractivity contribution in [1.82, 2.24) is 19.8 Å². The number of amides is 1. The molecular formula is C22H28N4O2S. The second-order valence-electron chi connectivity index (χ2n) is 8.87. The standard InChI is InChI=1S/C22H28N4O2S/c1-13-6-9-29-19(13)12-25-8-5-17-16(11-25)21(27)24-20(23-17)18-4-3-7-26(18)22(28)15-10-14(15)2/h6,9,14-15,18H,3-5,7-8,10-12H2,1-2H3,(H,23,24,27). The predicted molar refractivity (Wildman–Crippen MR) is 113 cm³/mol. The Hall–Kier alpha value is -1.99. The molecule has 0 radical (unpaired) electrons. The Kier molecular flexibility index (Phi) is 4.82. The van der Waals surface area contributed by atoms with Crippen LogP contribution in [0.1, 0.15) is 59.8 Å². The van der Waals surface area contributed by atoms with Gasteiger partial charge in [0.2, 0.25) is 5.91 Å². The van der Waals surface area contributed by atoms with E-state index in [1.807, 2.05) is 4.90 Å². The van der Waals surface area contributed by atoms with E-state index < -0.39 is 0 Å². The zero-order chi connectivity index (χ0) is 20.1. The van der Waals surface area contributed by atoms with E-state index in [-0.39, 0.29) is 23.4 Å². The molecule has 6 nitrogen and oxygen atoms in total. The monoisotopic (exact) mass is 412 g/mol. The summed E-state index contributed by atoms with van der Waals surface area (Å²) in [5.74, 6) is 1.61. The summed E-state index contributed by atoms with van der Waals surface area (Å²) in [6, 6.07) is 2.08. The fraction of sp³-hybridized carbons (Fsp3) is 0.591. The number of aromatic amines is 1. The Morgan fingerprint density at radius 1 is 1.38 bits per heavy atom. The van der Waals surface area contributed by atoms with Crippen LogP contribution in [0.3, 0.4) is 0 Å². The van der Waals surface area contributed by atoms with E-state index >= 15 is 0 Å². The molecule has 3 atom stereocenters. The van der Waals surface area contributed by atoms with Gasteiger partial charge in [-0.3, -0.25) is 14.5 Å². The van der Waals surface area contributed by atoms with E-state index in [9.17, 15) is 9.59 Å². The van der Waals surface area contributed by atoms with Gasteiger partial charge in [-0.05, 0) is 49.1 Å². The second kappa shape index (κ2) is 7.36. The number of hydrogen-bond acceptors (Lipinski definition) is 5. The van der Waals surface area contributed by atoms with Gasteiger partial charge in [0.1, 0.15) is 5.82 Å². The van der Waals surface area contributed by atoms with Crippen molar-refractivity contribution in [2.75, 3.05) is 13.1 Å². The first-order valence-corrected chi connectivity index (χ1v) is 11.6. The molecule has 2 aromatic rings. The molecule has 0 aromatic carbocycles. The lowest BCUT2D eigenvalue weighted by molar-refractivity contribution is -0.134. The summed E-state index contributed by atoms with van der Waals surface area (Å²) >= 11 is 1.78. The molecule has 7 heteroatoms. The van der Waals surface area contributed by atoms with Gasteiger partial charge in [-0.1, -0.05) is 6.92 Å². The first kappa shape index (κ1) is 19.0. The fourth-order valence-electron chi connectivity index (χ4n) is 4.76. The summed E-state index contributed by atoms with van der Waals surface area (Å²) in [6.07, 6.45) is 3.65. The van der Waals surface area contributed by atoms with Gasteiger partial charge in [0, 0.05) is 43.4 Å². The van der Waals surface area contributed by atoms with Crippen LogP contribution in [0.25, 0.3) is 0 Å². The molecule has 154 valence electrons. The lowest BCUT2D eigenvalue weighted by atomic mass is 10.1. The molecule has 4 heterocycles. The van der Waals surface area contributed by atoms with Gasteiger partial charge in [-0.2, -0.15) is 0 Å². The average molecular weight is 413 g/mol. The molecule has 1 amide bonds. The molecule has 0 bridgehead atoms. The van der Waals surface area contributed by atoms with Crippen LogP contribution < -0.4 is 5.56 Å². The van der Waals surface area contributed by atoms with Gasteiger partial charge >= 0.3 is 0 Å². The van der Waals surface area contributed by atoms with E-state index in [2.05, 4.69) is 35.2 Å². The highest BCUT2D eigenvalue weighted by molar-refractivity contribution is 7.10. The van der Waals surface area contributed by atoms with Crippen molar-refractivity contribution < 1.29 is 4.79 Å². The number of hydrogen-bond donors (Lipinski definition) is 1. The van der Waals surface area contributed by atoms with Crippen LogP contribution in [-0.4, -0.2) is 38.8 Å². The van der Waals surface area contributed by atoms with Crippen LogP contribution >= 0.6 is 11.3 Å². The third kappa shape index (κ3) is 3.55. The minimum absolute atomic E-state index is 0.0308. The van der Waals surface area contributed by atoms with E-state index in [0.717, 1.165) is 56.6 Å². The third-order valence-corrected chi connectivity index (χ3v) is 7.79. The van der Waals surface area contributed by atoms with Crippen molar-refractivity contribution >= 4 is 17.2 Å². The van der Waals surface area contributed by atoms with Gasteiger partial charge in [-0.15, -0.1) is 11.3 Å². The molecule has 3 unspecified atom stereocenters. The summed E-state index contributed by atoms with van der Waals surface area (Å²) in [4.78, 5) is 39.3. The second-order valence-corrected chi connectivity index (χ2v) is 9.87. The SMILES string of the molecule is Cc1ccsc1CN1CCc2nc(C3CCCN3C(=O)C3CC3C)[nH]c(=O)c2C1. The molecule has 3 aliphatic rings. The molecule has 5 rings (SSSR count). The summed E-state index contributed by atoms with van der Waals surface area (Å²) < 4.78 is 0. The maximum absolute atomic E-state index is 12.9. The van der Waals surface area contributed by atoms with Gasteiger partial charge in [0.25, 0.3) is 5.56 Å². The summed E-state index contributed by atoms with van der Waals surface area (Å²) in [6.45, 7) is 7.49. The van der Waals surface area contributed by atoms with E-state index in [1.165, 1.54) is 10.4 Å². The number of rotatable bonds is 4. The van der Waals surface area contributed by atoms with Crippen LogP contribution in [0.5, 0.6) is 0 Å². The van der Waals surface area contributed by atoms with E-state index in [0.29, 0.717) is 18.3 Å². The molecule has 29 heavy (non-hydrogen) atoms. The Morgan fingerprint density at radius 2 is 2.21 bits per heavy atom. The third-order valence-electron chi connectivity index (χ3n) is 6.78. The molecule has 2 aliphatic heterocycles. The van der Waals surface area contributed by atoms with E-state index in [1.54, 1.807) is 11.3 Å². The maximum Gasteiger partial charge on any atom is 0.255 e. The molecule has 1 N–H and O–H groups in total. The number of aryl methyl sites for hydroxylation is 1. The van der Waals surface area contributed by atoms with Crippen molar-refractivity contribution in [3.05, 3.63) is 49.3 Å². The molecule has 2 aromatic heterocycles. The van der Waals surface area contributed by atoms with Gasteiger partial charge in [0.05, 0.1) is 17.3 Å². The van der Waals surface area contributed by atoms with Crippen molar-refractivity contribution in [3.8, 4) is 0 Å². The minimum atomic E-state index is -0.0694. The normalized spacial score (nSPS) is 26.6. The highest BCUT2D eigenvalue weighted by atomic mass is 32.1. The summed E-state index contributed by atoms with van der Waals surface area (Å²) in [5.41, 5.74) is 3.00. The zero-order valence-electron chi connectivity index (χ0n) is 17.1. The van der Waals surface area contributed by atoms with Gasteiger partial charge in [-0.25, -0.2) is 4.98 Å². The lowest BCUT2D eigenvalue weighted by Gasteiger charge is -2.29. The lowest BCUT2D eigenvalue weighted by Crippen LogP contribution is -2.38. The predicted octanol–water partition coefficient (Wildman–Crippen LogP) is 3.02. The summed E-state index contributed by atoms with van der Waals surface area (Å²) in [7, 11) is 0. The molecular weight excluding hydrogens is 384 g/mol. The summed E-state index contributed by atoms with van der Waals surface area (Å²) in [5, 5.41) is 2.13. The van der Waals surface area contributed by atoms with Crippen LogP contribution in [0.4, 0.5) is 0 Å². The number of nitrogens with one attached hydrogen (secondary N) is 1. The van der Waals surface area contributed by atoms with Gasteiger partial charge < -0.3 is 9.88 Å². The largest absolute Gasteiger partial charge is 0.332 e. The first-order chi connectivity index (χ1) is 14.0. The molecule has 2 fully saturated rings. The van der Waals surface area contributed by atoms with E-state index in [4.69, 9.17) is 4.98 Å². The smallest absolute Gasteiger partial charge is 0.255 e. The molecule has 0 spiro atoms. The number of nitrogens with zero attached hydrogens (tertiary/aromatic N) is 3. The molecule has 1 aliphatic carbocycles. The van der Waals surface area contributed by atoms with Crippen LogP contribution in [0, 0.1) is 18.8 Å². The molecule has 1 saturated heterocycles. The van der Waals surface area contributed by atoms with Crippen LogP contribution in [0.2, 0.25) is 0 Å². The molecule has 1 saturated carbocycles. The van der Waals surface area contributed by atoms with Gasteiger partial charge in [0.15, 0.2) is 0 Å². The fourth-order valence-corrected chi connectivity index (χ4v) is 5.70. The Morgan fingerprint density at radius 3 is 2.93 bits per heavy atom. The number of thiophene rings is 1. The zero-order valence-corrected chi connectivity index (χ0v) is 17.9. The van der Waals surface area contributed by atoms with Crippen molar-refractivity contribution in [3.63, 3.8) is 0 Å². The minimum Gasteiger partial charge on any atom is -0.332 e. The Labute approximate surface area is 175 Å². The number of carbonyl (C=O) groups excluding carboxylic acids is 1. The topological polar surface area (TPSA) is 69.3 Å². The van der Waals surface area contributed by atoms with Crippen molar-refractivity contribution in [2.24, 2.45) is 11.8 Å². The van der Waals surface area contributed by atoms with Crippen molar-refractivity contribution in [2.45, 2.75) is 58.7 Å². The average Bonchev–Trinajstić information content (AvgIpc) is 3.07. The maximum atomic E-state index is 12.9. The first-order valence-electron chi connectivity index (χ1n) is 10.7. The number of fused-ring (bicyclic) bond motifs is 1. The number of carbonyl (C=O) groups is 1. The Bertz CT molecular complexity index is 997. The quantitative estimate of drug-likeness (QED) is 0.838. The number of likely N-dealkylation sites (tertiary alicyclic amines) is 1. The van der Waals surface area contributed by atoms with Crippen molar-refractivity contribution in [1.29, 1.82) is 0 Å². The van der Waals surface area contributed by atoms with Crippen LogP contribution in [-0.2, 0) is 24.3 Å².